The fourth-order valence-electron chi connectivity index (χ4n) is 3.47. The summed E-state index contributed by atoms with van der Waals surface area (Å²) in [6.45, 7) is 1.77. The number of anilines is 1. The van der Waals surface area contributed by atoms with Crippen LogP contribution in [0.3, 0.4) is 0 Å². The molecule has 0 spiro atoms. The van der Waals surface area contributed by atoms with Crippen LogP contribution in [0.25, 0.3) is 0 Å². The molecule has 10 heteroatoms. The number of aryl methyl sites for hydroxylation is 1. The molecule has 0 bridgehead atoms. The van der Waals surface area contributed by atoms with Crippen LogP contribution in [0, 0.1) is 17.0 Å². The van der Waals surface area contributed by atoms with Crippen molar-refractivity contribution in [3.63, 3.8) is 0 Å². The van der Waals surface area contributed by atoms with Crippen molar-refractivity contribution in [3.05, 3.63) is 85.3 Å². The number of carbonyl (C=O) groups excluding carboxylic acids is 1. The lowest BCUT2D eigenvalue weighted by atomic mass is 9.93. The summed E-state index contributed by atoms with van der Waals surface area (Å²) in [5.74, 6) is 0.269. The first kappa shape index (κ1) is 21.9. The number of esters is 1. The zero-order valence-electron chi connectivity index (χ0n) is 16.9. The lowest BCUT2D eigenvalue weighted by Gasteiger charge is -2.13. The number of hydrogen-bond acceptors (Lipinski definition) is 7. The van der Waals surface area contributed by atoms with Gasteiger partial charge in [-0.25, -0.2) is 4.79 Å². The number of benzene rings is 2. The van der Waals surface area contributed by atoms with Crippen LogP contribution in [-0.2, 0) is 6.42 Å². The van der Waals surface area contributed by atoms with Gasteiger partial charge in [0.25, 0.3) is 5.69 Å². The highest BCUT2D eigenvalue weighted by atomic mass is 35.5. The number of furan rings is 1. The van der Waals surface area contributed by atoms with Crippen LogP contribution in [-0.4, -0.2) is 16.6 Å². The van der Waals surface area contributed by atoms with E-state index in [0.29, 0.717) is 34.9 Å². The number of halogens is 2. The van der Waals surface area contributed by atoms with Crippen molar-refractivity contribution in [2.45, 2.75) is 26.2 Å². The number of nitro groups is 1. The molecular formula is C22H17Cl2N3O5. The zero-order valence-corrected chi connectivity index (χ0v) is 18.4. The largest absolute Gasteiger partial charge is 0.453 e. The molecule has 8 nitrogen and oxygen atoms in total. The summed E-state index contributed by atoms with van der Waals surface area (Å²) in [6, 6.07) is 10.5. The SMILES string of the molecule is Cc1c(C(=O)Oc2ccc(Cl)cc2Cl)oc2c1/C(=N/Nc1ccc([N+](=O)[O-])cc1)CCC2. The molecule has 0 atom stereocenters. The molecule has 0 saturated carbocycles. The maximum atomic E-state index is 12.7. The molecule has 0 amide bonds. The van der Waals surface area contributed by atoms with Crippen molar-refractivity contribution >= 4 is 46.3 Å². The number of nitro benzene ring substituents is 1. The van der Waals surface area contributed by atoms with E-state index in [0.717, 1.165) is 17.7 Å². The van der Waals surface area contributed by atoms with Gasteiger partial charge in [-0.15, -0.1) is 0 Å². The zero-order chi connectivity index (χ0) is 22.8. The minimum Gasteiger partial charge on any atom is -0.453 e. The van der Waals surface area contributed by atoms with Gasteiger partial charge in [-0.1, -0.05) is 23.2 Å². The lowest BCUT2D eigenvalue weighted by Crippen LogP contribution is -2.13. The molecule has 0 fully saturated rings. The van der Waals surface area contributed by atoms with Gasteiger partial charge < -0.3 is 9.15 Å². The first-order valence-corrected chi connectivity index (χ1v) is 10.5. The van der Waals surface area contributed by atoms with Crippen molar-refractivity contribution < 1.29 is 18.9 Å². The second kappa shape index (κ2) is 9.02. The number of rotatable bonds is 5. The topological polar surface area (TPSA) is 107 Å². The molecule has 1 aliphatic rings. The molecule has 0 saturated heterocycles. The second-order valence-electron chi connectivity index (χ2n) is 7.15. The number of non-ortho nitro benzene ring substituents is 1. The Morgan fingerprint density at radius 1 is 1.19 bits per heavy atom. The Labute approximate surface area is 192 Å². The summed E-state index contributed by atoms with van der Waals surface area (Å²) in [4.78, 5) is 23.1. The highest BCUT2D eigenvalue weighted by Crippen LogP contribution is 2.32. The number of nitrogens with one attached hydrogen (secondary N) is 1. The van der Waals surface area contributed by atoms with Crippen molar-refractivity contribution in [1.82, 2.24) is 0 Å². The van der Waals surface area contributed by atoms with Crippen molar-refractivity contribution in [1.29, 1.82) is 0 Å². The molecule has 0 aliphatic heterocycles. The smallest absolute Gasteiger partial charge is 0.379 e. The lowest BCUT2D eigenvalue weighted by molar-refractivity contribution is -0.384. The quantitative estimate of drug-likeness (QED) is 0.205. The fraction of sp³-hybridized carbons (Fsp3) is 0.182. The average Bonchev–Trinajstić information content (AvgIpc) is 3.12. The van der Waals surface area contributed by atoms with Gasteiger partial charge in [0.15, 0.2) is 0 Å². The molecule has 1 aromatic heterocycles. The second-order valence-corrected chi connectivity index (χ2v) is 7.99. The standard InChI is InChI=1S/C22H17Cl2N3O5/c1-12-20-17(26-25-14-6-8-15(9-7-14)27(29)30)3-2-4-19(20)31-21(12)22(28)32-18-10-5-13(23)11-16(18)24/h5-11,25H,2-4H2,1H3/b26-17+. The molecule has 32 heavy (non-hydrogen) atoms. The van der Waals surface area contributed by atoms with Crippen molar-refractivity contribution in [3.8, 4) is 5.75 Å². The summed E-state index contributed by atoms with van der Waals surface area (Å²) in [6.07, 6.45) is 2.16. The number of hydrogen-bond donors (Lipinski definition) is 1. The number of carbonyl (C=O) groups is 1. The van der Waals surface area contributed by atoms with Gasteiger partial charge in [0, 0.05) is 34.7 Å². The molecule has 4 rings (SSSR count). The number of hydrazone groups is 1. The molecule has 2 aromatic carbocycles. The molecule has 0 unspecified atom stereocenters. The Hall–Kier alpha value is -3.36. The Morgan fingerprint density at radius 3 is 2.62 bits per heavy atom. The van der Waals surface area contributed by atoms with E-state index in [1.807, 2.05) is 0 Å². The summed E-state index contributed by atoms with van der Waals surface area (Å²) in [7, 11) is 0. The van der Waals surface area contributed by atoms with Gasteiger partial charge in [0.2, 0.25) is 5.76 Å². The third kappa shape index (κ3) is 4.46. The van der Waals surface area contributed by atoms with E-state index in [2.05, 4.69) is 10.5 Å². The minimum atomic E-state index is -0.663. The van der Waals surface area contributed by atoms with Crippen LogP contribution in [0.5, 0.6) is 5.75 Å². The van der Waals surface area contributed by atoms with Crippen LogP contribution in [0.2, 0.25) is 10.0 Å². The van der Waals surface area contributed by atoms with Crippen LogP contribution in [0.4, 0.5) is 11.4 Å². The number of nitrogens with zero attached hydrogens (tertiary/aromatic N) is 2. The molecule has 164 valence electrons. The van der Waals surface area contributed by atoms with Crippen LogP contribution in [0.1, 0.15) is 40.3 Å². The van der Waals surface area contributed by atoms with E-state index >= 15 is 0 Å². The van der Waals surface area contributed by atoms with Crippen LogP contribution in [0.15, 0.2) is 52.0 Å². The average molecular weight is 474 g/mol. The van der Waals surface area contributed by atoms with Crippen molar-refractivity contribution in [2.24, 2.45) is 5.10 Å². The summed E-state index contributed by atoms with van der Waals surface area (Å²) in [5.41, 5.74) is 5.64. The number of ether oxygens (including phenoxy) is 1. The van der Waals surface area contributed by atoms with E-state index in [-0.39, 0.29) is 22.2 Å². The van der Waals surface area contributed by atoms with E-state index in [1.165, 1.54) is 24.3 Å². The van der Waals surface area contributed by atoms with E-state index < -0.39 is 10.9 Å². The highest BCUT2D eigenvalue weighted by molar-refractivity contribution is 6.35. The monoisotopic (exact) mass is 473 g/mol. The maximum Gasteiger partial charge on any atom is 0.379 e. The normalized spacial score (nSPS) is 14.2. The van der Waals surface area contributed by atoms with Gasteiger partial charge in [-0.2, -0.15) is 5.10 Å². The Kier molecular flexibility index (Phi) is 6.16. The molecular weight excluding hydrogens is 457 g/mol. The van der Waals surface area contributed by atoms with Crippen molar-refractivity contribution in [2.75, 3.05) is 5.43 Å². The van der Waals surface area contributed by atoms with Crippen LogP contribution < -0.4 is 10.2 Å². The molecule has 3 aromatic rings. The van der Waals surface area contributed by atoms with E-state index in [1.54, 1.807) is 25.1 Å². The van der Waals surface area contributed by atoms with E-state index in [9.17, 15) is 14.9 Å². The third-order valence-corrected chi connectivity index (χ3v) is 5.54. The summed E-state index contributed by atoms with van der Waals surface area (Å²) >= 11 is 12.0. The molecule has 0 radical (unpaired) electrons. The first-order valence-electron chi connectivity index (χ1n) is 9.70. The Morgan fingerprint density at radius 2 is 1.94 bits per heavy atom. The molecule has 1 aliphatic carbocycles. The number of fused-ring (bicyclic) bond motifs is 1. The molecule has 1 N–H and O–H groups in total. The summed E-state index contributed by atoms with van der Waals surface area (Å²) in [5, 5.41) is 15.9. The fourth-order valence-corrected chi connectivity index (χ4v) is 3.92. The Balaban J connectivity index is 1.57. The Bertz CT molecular complexity index is 1240. The predicted octanol–water partition coefficient (Wildman–Crippen LogP) is 6.17. The third-order valence-electron chi connectivity index (χ3n) is 5.01. The molecule has 1 heterocycles. The van der Waals surface area contributed by atoms with Gasteiger partial charge in [-0.3, -0.25) is 15.5 Å². The maximum absolute atomic E-state index is 12.7. The van der Waals surface area contributed by atoms with Gasteiger partial charge in [0.05, 0.1) is 21.3 Å². The van der Waals surface area contributed by atoms with Gasteiger partial charge >= 0.3 is 5.97 Å². The summed E-state index contributed by atoms with van der Waals surface area (Å²) < 4.78 is 11.2. The first-order chi connectivity index (χ1) is 15.3. The van der Waals surface area contributed by atoms with Gasteiger partial charge in [0.1, 0.15) is 11.5 Å². The van der Waals surface area contributed by atoms with Crippen LogP contribution >= 0.6 is 23.2 Å². The van der Waals surface area contributed by atoms with Gasteiger partial charge in [-0.05, 0) is 50.1 Å². The van der Waals surface area contributed by atoms with E-state index in [4.69, 9.17) is 32.4 Å². The highest BCUT2D eigenvalue weighted by Gasteiger charge is 2.29. The minimum absolute atomic E-state index is 0.00206. The predicted molar refractivity (Wildman–Crippen MR) is 121 cm³/mol.